The molecule has 0 radical (unpaired) electrons. The third-order valence-corrected chi connectivity index (χ3v) is 5.06. The number of nitrogens with zero attached hydrogens (tertiary/aromatic N) is 1. The van der Waals surface area contributed by atoms with Gasteiger partial charge < -0.3 is 5.32 Å². The maximum absolute atomic E-state index is 12.9. The Hall–Kier alpha value is -1.96. The lowest BCUT2D eigenvalue weighted by Gasteiger charge is -2.20. The van der Waals surface area contributed by atoms with Crippen molar-refractivity contribution in [1.29, 1.82) is 0 Å². The molecule has 0 aliphatic carbocycles. The van der Waals surface area contributed by atoms with Crippen molar-refractivity contribution in [3.63, 3.8) is 0 Å². The van der Waals surface area contributed by atoms with E-state index in [-0.39, 0.29) is 25.5 Å². The molecule has 1 amide bonds. The van der Waals surface area contributed by atoms with E-state index in [2.05, 4.69) is 5.32 Å². The van der Waals surface area contributed by atoms with Crippen LogP contribution < -0.4 is 5.32 Å². The number of rotatable bonds is 7. The number of halogens is 2. The van der Waals surface area contributed by atoms with E-state index in [1.807, 2.05) is 0 Å². The van der Waals surface area contributed by atoms with Crippen LogP contribution in [0.4, 0.5) is 4.39 Å². The zero-order valence-electron chi connectivity index (χ0n) is 13.6. The number of sulfonamides is 1. The Morgan fingerprint density at radius 2 is 1.80 bits per heavy atom. The smallest absolute Gasteiger partial charge is 0.235 e. The Balaban J connectivity index is 2.00. The first-order valence-electron chi connectivity index (χ1n) is 7.45. The van der Waals surface area contributed by atoms with Gasteiger partial charge in [-0.3, -0.25) is 4.79 Å². The van der Waals surface area contributed by atoms with Crippen molar-refractivity contribution in [3.8, 4) is 0 Å². The second-order valence-corrected chi connectivity index (χ2v) is 7.92. The molecule has 0 aliphatic heterocycles. The molecule has 0 bridgehead atoms. The van der Waals surface area contributed by atoms with Crippen LogP contribution in [0.2, 0.25) is 5.02 Å². The first-order valence-corrected chi connectivity index (χ1v) is 9.68. The zero-order chi connectivity index (χ0) is 18.4. The first-order chi connectivity index (χ1) is 11.8. The van der Waals surface area contributed by atoms with Gasteiger partial charge in [-0.15, -0.1) is 0 Å². The van der Waals surface area contributed by atoms with Crippen LogP contribution in [0.1, 0.15) is 11.1 Å². The molecule has 2 aromatic carbocycles. The molecule has 134 valence electrons. The predicted molar refractivity (Wildman–Crippen MR) is 95.0 cm³/mol. The molecule has 0 spiro atoms. The molecule has 0 aliphatic rings. The van der Waals surface area contributed by atoms with Crippen molar-refractivity contribution in [2.45, 2.75) is 13.1 Å². The number of hydrogen-bond acceptors (Lipinski definition) is 3. The lowest BCUT2D eigenvalue weighted by atomic mass is 10.2. The minimum atomic E-state index is -3.60. The molecule has 2 aromatic rings. The molecule has 0 saturated heterocycles. The Morgan fingerprint density at radius 3 is 2.40 bits per heavy atom. The highest BCUT2D eigenvalue weighted by molar-refractivity contribution is 7.88. The third kappa shape index (κ3) is 6.12. The number of carbonyl (C=O) groups is 1. The average molecular weight is 385 g/mol. The highest BCUT2D eigenvalue weighted by Gasteiger charge is 2.21. The van der Waals surface area contributed by atoms with Crippen molar-refractivity contribution in [2.75, 3.05) is 12.8 Å². The maximum atomic E-state index is 12.9. The topological polar surface area (TPSA) is 66.5 Å². The standard InChI is InChI=1S/C17H18ClFN2O3S/c1-25(23,24)21(11-14-4-2-3-5-16(14)18)12-17(22)20-10-13-6-8-15(19)9-7-13/h2-9H,10-12H2,1H3,(H,20,22). The lowest BCUT2D eigenvalue weighted by Crippen LogP contribution is -2.39. The van der Waals surface area contributed by atoms with E-state index in [0.29, 0.717) is 16.1 Å². The number of carbonyl (C=O) groups excluding carboxylic acids is 1. The van der Waals surface area contributed by atoms with Gasteiger partial charge in [0.1, 0.15) is 5.82 Å². The highest BCUT2D eigenvalue weighted by atomic mass is 35.5. The molecule has 1 N–H and O–H groups in total. The van der Waals surface area contributed by atoms with E-state index in [1.165, 1.54) is 12.1 Å². The molecule has 0 atom stereocenters. The number of hydrogen-bond donors (Lipinski definition) is 1. The Morgan fingerprint density at radius 1 is 1.16 bits per heavy atom. The fourth-order valence-electron chi connectivity index (χ4n) is 2.13. The summed E-state index contributed by atoms with van der Waals surface area (Å²) in [6.07, 6.45) is 1.04. The van der Waals surface area contributed by atoms with Crippen LogP contribution in [-0.4, -0.2) is 31.4 Å². The summed E-state index contributed by atoms with van der Waals surface area (Å²) in [5.41, 5.74) is 1.33. The number of benzene rings is 2. The molecule has 25 heavy (non-hydrogen) atoms. The molecule has 0 saturated carbocycles. The van der Waals surface area contributed by atoms with Gasteiger partial charge in [-0.2, -0.15) is 4.31 Å². The molecular formula is C17H18ClFN2O3S. The van der Waals surface area contributed by atoms with Gasteiger partial charge in [0.15, 0.2) is 0 Å². The van der Waals surface area contributed by atoms with Crippen molar-refractivity contribution < 1.29 is 17.6 Å². The normalized spacial score (nSPS) is 11.5. The van der Waals surface area contributed by atoms with Gasteiger partial charge in [-0.25, -0.2) is 12.8 Å². The van der Waals surface area contributed by atoms with Gasteiger partial charge in [-0.1, -0.05) is 41.9 Å². The van der Waals surface area contributed by atoms with Crippen LogP contribution in [0, 0.1) is 5.82 Å². The second kappa shape index (κ2) is 8.42. The summed E-state index contributed by atoms with van der Waals surface area (Å²) in [6, 6.07) is 12.5. The summed E-state index contributed by atoms with van der Waals surface area (Å²) >= 11 is 6.06. The van der Waals surface area contributed by atoms with Gasteiger partial charge in [0.25, 0.3) is 0 Å². The summed E-state index contributed by atoms with van der Waals surface area (Å²) in [4.78, 5) is 12.1. The second-order valence-electron chi connectivity index (χ2n) is 5.53. The Labute approximate surface area is 151 Å². The van der Waals surface area contributed by atoms with Crippen LogP contribution >= 0.6 is 11.6 Å². The first kappa shape index (κ1) is 19.4. The van der Waals surface area contributed by atoms with E-state index in [9.17, 15) is 17.6 Å². The van der Waals surface area contributed by atoms with E-state index < -0.39 is 15.9 Å². The van der Waals surface area contributed by atoms with Gasteiger partial charge >= 0.3 is 0 Å². The Bertz CT molecular complexity index is 841. The summed E-state index contributed by atoms with van der Waals surface area (Å²) in [5.74, 6) is -0.820. The zero-order valence-corrected chi connectivity index (χ0v) is 15.1. The predicted octanol–water partition coefficient (Wildman–Crippen LogP) is 2.56. The lowest BCUT2D eigenvalue weighted by molar-refractivity contribution is -0.121. The van der Waals surface area contributed by atoms with Crippen LogP contribution in [0.3, 0.4) is 0 Å². The SMILES string of the molecule is CS(=O)(=O)N(CC(=O)NCc1ccc(F)cc1)Cc1ccccc1Cl. The highest BCUT2D eigenvalue weighted by Crippen LogP contribution is 2.18. The van der Waals surface area contributed by atoms with E-state index in [0.717, 1.165) is 10.6 Å². The van der Waals surface area contributed by atoms with Crippen LogP contribution in [0.15, 0.2) is 48.5 Å². The van der Waals surface area contributed by atoms with Gasteiger partial charge in [0, 0.05) is 18.1 Å². The third-order valence-electron chi connectivity index (χ3n) is 3.50. The largest absolute Gasteiger partial charge is 0.351 e. The fourth-order valence-corrected chi connectivity index (χ4v) is 3.05. The molecule has 5 nitrogen and oxygen atoms in total. The number of amides is 1. The van der Waals surface area contributed by atoms with Crippen LogP contribution in [0.5, 0.6) is 0 Å². The summed E-state index contributed by atoms with van der Waals surface area (Å²) < 4.78 is 37.8. The summed E-state index contributed by atoms with van der Waals surface area (Å²) in [5, 5.41) is 3.05. The maximum Gasteiger partial charge on any atom is 0.235 e. The minimum Gasteiger partial charge on any atom is -0.351 e. The van der Waals surface area contributed by atoms with Gasteiger partial charge in [0.05, 0.1) is 12.8 Å². The molecule has 0 aromatic heterocycles. The van der Waals surface area contributed by atoms with Crippen molar-refractivity contribution in [3.05, 3.63) is 70.5 Å². The van der Waals surface area contributed by atoms with E-state index in [4.69, 9.17) is 11.6 Å². The summed E-state index contributed by atoms with van der Waals surface area (Å²) in [7, 11) is -3.60. The van der Waals surface area contributed by atoms with Crippen LogP contribution in [-0.2, 0) is 27.9 Å². The summed E-state index contributed by atoms with van der Waals surface area (Å²) in [6.45, 7) is -0.142. The average Bonchev–Trinajstić information content (AvgIpc) is 2.55. The van der Waals surface area contributed by atoms with Crippen LogP contribution in [0.25, 0.3) is 0 Å². The molecule has 0 unspecified atom stereocenters. The van der Waals surface area contributed by atoms with Gasteiger partial charge in [-0.05, 0) is 29.3 Å². The van der Waals surface area contributed by atoms with Crippen molar-refractivity contribution in [2.24, 2.45) is 0 Å². The Kier molecular flexibility index (Phi) is 6.52. The monoisotopic (exact) mass is 384 g/mol. The molecule has 0 fully saturated rings. The molecule has 0 heterocycles. The minimum absolute atomic E-state index is 0.00246. The molecule has 2 rings (SSSR count). The van der Waals surface area contributed by atoms with Gasteiger partial charge in [0.2, 0.25) is 15.9 Å². The van der Waals surface area contributed by atoms with E-state index >= 15 is 0 Å². The fraction of sp³-hybridized carbons (Fsp3) is 0.235. The van der Waals surface area contributed by atoms with E-state index in [1.54, 1.807) is 36.4 Å². The molecule has 8 heteroatoms. The molecular weight excluding hydrogens is 367 g/mol. The van der Waals surface area contributed by atoms with Crippen molar-refractivity contribution >= 4 is 27.5 Å². The van der Waals surface area contributed by atoms with Crippen molar-refractivity contribution in [1.82, 2.24) is 9.62 Å². The number of nitrogens with one attached hydrogen (secondary N) is 1. The quantitative estimate of drug-likeness (QED) is 0.797.